The van der Waals surface area contributed by atoms with Crippen molar-refractivity contribution >= 4 is 50.0 Å². The number of hydrogen-bond acceptors (Lipinski definition) is 3. The van der Waals surface area contributed by atoms with E-state index >= 15 is 0 Å². The quantitative estimate of drug-likeness (QED) is 0.474. The summed E-state index contributed by atoms with van der Waals surface area (Å²) < 4.78 is 3.33. The van der Waals surface area contributed by atoms with Gasteiger partial charge in [-0.25, -0.2) is 0 Å². The van der Waals surface area contributed by atoms with E-state index < -0.39 is 0 Å². The van der Waals surface area contributed by atoms with Crippen molar-refractivity contribution in [2.24, 2.45) is 4.99 Å². The first-order valence-electron chi connectivity index (χ1n) is 8.82. The van der Waals surface area contributed by atoms with Crippen LogP contribution in [-0.2, 0) is 6.54 Å². The molecule has 27 heavy (non-hydrogen) atoms. The van der Waals surface area contributed by atoms with Crippen molar-refractivity contribution in [1.82, 2.24) is 4.57 Å². The minimum absolute atomic E-state index is 0.193. The summed E-state index contributed by atoms with van der Waals surface area (Å²) >= 11 is 3.38. The van der Waals surface area contributed by atoms with Gasteiger partial charge in [-0.05, 0) is 53.8 Å². The fourth-order valence-corrected chi connectivity index (χ4v) is 4.66. The molecule has 1 heterocycles. The normalized spacial score (nSPS) is 12.1. The number of hydrogen-bond donors (Lipinski definition) is 0. The van der Waals surface area contributed by atoms with E-state index in [-0.39, 0.29) is 5.91 Å². The molecule has 0 unspecified atom stereocenters. The molecule has 0 aliphatic heterocycles. The Morgan fingerprint density at radius 2 is 1.89 bits per heavy atom. The number of amides is 1. The van der Waals surface area contributed by atoms with Crippen molar-refractivity contribution < 1.29 is 4.79 Å². The van der Waals surface area contributed by atoms with Gasteiger partial charge in [0.1, 0.15) is 0 Å². The lowest BCUT2D eigenvalue weighted by atomic mass is 10.1. The molecule has 3 aromatic carbocycles. The van der Waals surface area contributed by atoms with E-state index in [0.717, 1.165) is 33.4 Å². The van der Waals surface area contributed by atoms with Crippen LogP contribution < -0.4 is 4.80 Å². The molecule has 5 heteroatoms. The highest BCUT2D eigenvalue weighted by Gasteiger charge is 2.10. The van der Waals surface area contributed by atoms with Crippen LogP contribution in [0.2, 0.25) is 0 Å². The molecule has 0 saturated carbocycles. The number of carbonyl (C=O) groups is 1. The zero-order valence-corrected chi connectivity index (χ0v) is 16.9. The molecule has 0 N–H and O–H groups in total. The number of aromatic nitrogens is 1. The number of carbonyl (C=O) groups excluding carboxylic acids is 1. The van der Waals surface area contributed by atoms with Crippen molar-refractivity contribution in [3.8, 4) is 0 Å². The van der Waals surface area contributed by atoms with E-state index in [9.17, 15) is 4.79 Å². The summed E-state index contributed by atoms with van der Waals surface area (Å²) in [6.45, 7) is 2.93. The summed E-state index contributed by atoms with van der Waals surface area (Å²) in [5.74, 6) is 0.791. The maximum absolute atomic E-state index is 12.8. The summed E-state index contributed by atoms with van der Waals surface area (Å²) in [5, 5.41) is 2.18. The minimum Gasteiger partial charge on any atom is -0.316 e. The SMILES string of the molecule is CSCCn1c(=NC(=O)c2ccc3ccccc3c2)sc2cc(C)ccc21. The molecule has 4 rings (SSSR count). The van der Waals surface area contributed by atoms with Crippen LogP contribution >= 0.6 is 23.1 Å². The van der Waals surface area contributed by atoms with E-state index in [2.05, 4.69) is 40.9 Å². The standard InChI is InChI=1S/C22H20N2OS2/c1-15-7-10-19-20(13-15)27-22(24(19)11-12-26-2)23-21(25)18-9-8-16-5-3-4-6-17(16)14-18/h3-10,13-14H,11-12H2,1-2H3. The molecule has 4 aromatic rings. The van der Waals surface area contributed by atoms with Gasteiger partial charge in [0.05, 0.1) is 10.2 Å². The van der Waals surface area contributed by atoms with Crippen LogP contribution in [0, 0.1) is 6.92 Å². The third-order valence-electron chi connectivity index (χ3n) is 4.55. The highest BCUT2D eigenvalue weighted by atomic mass is 32.2. The van der Waals surface area contributed by atoms with E-state index in [1.54, 1.807) is 23.1 Å². The van der Waals surface area contributed by atoms with Gasteiger partial charge >= 0.3 is 0 Å². The highest BCUT2D eigenvalue weighted by Crippen LogP contribution is 2.20. The summed E-state index contributed by atoms with van der Waals surface area (Å²) in [7, 11) is 0. The monoisotopic (exact) mass is 392 g/mol. The lowest BCUT2D eigenvalue weighted by Crippen LogP contribution is -2.18. The molecular formula is C22H20N2OS2. The van der Waals surface area contributed by atoms with Crippen LogP contribution in [0.15, 0.2) is 65.7 Å². The van der Waals surface area contributed by atoms with Crippen molar-refractivity contribution in [3.05, 3.63) is 76.6 Å². The molecule has 1 amide bonds. The maximum Gasteiger partial charge on any atom is 0.279 e. The Labute approximate surface area is 166 Å². The second-order valence-electron chi connectivity index (χ2n) is 6.48. The van der Waals surface area contributed by atoms with Gasteiger partial charge in [0.2, 0.25) is 0 Å². The van der Waals surface area contributed by atoms with Gasteiger partial charge in [0.25, 0.3) is 5.91 Å². The lowest BCUT2D eigenvalue weighted by molar-refractivity contribution is 0.0998. The molecule has 0 aliphatic carbocycles. The average molecular weight is 393 g/mol. The number of aryl methyl sites for hydroxylation is 2. The summed E-state index contributed by atoms with van der Waals surface area (Å²) in [6.07, 6.45) is 2.09. The van der Waals surface area contributed by atoms with E-state index in [0.29, 0.717) is 5.56 Å². The van der Waals surface area contributed by atoms with Crippen LogP contribution in [0.25, 0.3) is 21.0 Å². The fraction of sp³-hybridized carbons (Fsp3) is 0.182. The number of fused-ring (bicyclic) bond motifs is 2. The van der Waals surface area contributed by atoms with Crippen LogP contribution in [0.3, 0.4) is 0 Å². The van der Waals surface area contributed by atoms with E-state index in [4.69, 9.17) is 0 Å². The summed E-state index contributed by atoms with van der Waals surface area (Å²) in [6, 6.07) is 20.2. The largest absolute Gasteiger partial charge is 0.316 e. The average Bonchev–Trinajstić information content (AvgIpc) is 3.01. The van der Waals surface area contributed by atoms with E-state index in [1.807, 2.05) is 42.5 Å². The number of thioether (sulfide) groups is 1. The molecule has 0 fully saturated rings. The molecule has 3 nitrogen and oxygen atoms in total. The van der Waals surface area contributed by atoms with Crippen molar-refractivity contribution in [2.75, 3.05) is 12.0 Å². The van der Waals surface area contributed by atoms with Gasteiger partial charge in [-0.2, -0.15) is 16.8 Å². The fourth-order valence-electron chi connectivity index (χ4n) is 3.14. The van der Waals surface area contributed by atoms with Crippen molar-refractivity contribution in [1.29, 1.82) is 0 Å². The Balaban J connectivity index is 1.81. The molecule has 0 spiro atoms. The number of rotatable bonds is 4. The van der Waals surface area contributed by atoms with Crippen LogP contribution in [0.4, 0.5) is 0 Å². The van der Waals surface area contributed by atoms with Crippen LogP contribution in [0.1, 0.15) is 15.9 Å². The van der Waals surface area contributed by atoms with Crippen molar-refractivity contribution in [2.45, 2.75) is 13.5 Å². The van der Waals surface area contributed by atoms with Crippen molar-refractivity contribution in [3.63, 3.8) is 0 Å². The summed E-state index contributed by atoms with van der Waals surface area (Å²) in [4.78, 5) is 18.1. The lowest BCUT2D eigenvalue weighted by Gasteiger charge is -2.04. The Kier molecular flexibility index (Phi) is 5.14. The highest BCUT2D eigenvalue weighted by molar-refractivity contribution is 7.98. The van der Waals surface area contributed by atoms with Gasteiger partial charge < -0.3 is 4.57 Å². The molecule has 136 valence electrons. The Morgan fingerprint density at radius 1 is 1.07 bits per heavy atom. The number of nitrogens with zero attached hydrogens (tertiary/aromatic N) is 2. The van der Waals surface area contributed by atoms with Gasteiger partial charge in [-0.15, -0.1) is 0 Å². The predicted octanol–water partition coefficient (Wildman–Crippen LogP) is 5.27. The van der Waals surface area contributed by atoms with Gasteiger partial charge in [-0.3, -0.25) is 4.79 Å². The molecular weight excluding hydrogens is 372 g/mol. The molecule has 0 bridgehead atoms. The Hall–Kier alpha value is -2.37. The number of thiazole rings is 1. The Bertz CT molecular complexity index is 1200. The topological polar surface area (TPSA) is 34.4 Å². The third kappa shape index (κ3) is 3.70. The maximum atomic E-state index is 12.8. The summed E-state index contributed by atoms with van der Waals surface area (Å²) in [5.41, 5.74) is 2.98. The van der Waals surface area contributed by atoms with Gasteiger partial charge in [0.15, 0.2) is 4.80 Å². The second-order valence-corrected chi connectivity index (χ2v) is 8.47. The first kappa shape index (κ1) is 18.0. The molecule has 0 aliphatic rings. The first-order valence-corrected chi connectivity index (χ1v) is 11.0. The smallest absolute Gasteiger partial charge is 0.279 e. The molecule has 0 saturated heterocycles. The predicted molar refractivity (Wildman–Crippen MR) is 117 cm³/mol. The van der Waals surface area contributed by atoms with Crippen LogP contribution in [-0.4, -0.2) is 22.5 Å². The minimum atomic E-state index is -0.193. The molecule has 0 atom stereocenters. The number of benzene rings is 3. The third-order valence-corrected chi connectivity index (χ3v) is 6.18. The van der Waals surface area contributed by atoms with Gasteiger partial charge in [0, 0.05) is 17.9 Å². The Morgan fingerprint density at radius 3 is 2.70 bits per heavy atom. The van der Waals surface area contributed by atoms with Crippen LogP contribution in [0.5, 0.6) is 0 Å². The molecule has 1 aromatic heterocycles. The zero-order valence-electron chi connectivity index (χ0n) is 15.3. The second kappa shape index (κ2) is 7.71. The first-order chi connectivity index (χ1) is 13.2. The van der Waals surface area contributed by atoms with Gasteiger partial charge in [-0.1, -0.05) is 47.7 Å². The zero-order chi connectivity index (χ0) is 18.8. The molecule has 0 radical (unpaired) electrons. The van der Waals surface area contributed by atoms with E-state index in [1.165, 1.54) is 10.3 Å².